The number of amides is 2. The van der Waals surface area contributed by atoms with Crippen LogP contribution in [-0.4, -0.2) is 29.3 Å². The predicted octanol–water partition coefficient (Wildman–Crippen LogP) is 5.06. The van der Waals surface area contributed by atoms with Crippen molar-refractivity contribution in [2.45, 2.75) is 38.4 Å². The van der Waals surface area contributed by atoms with Crippen LogP contribution >= 0.6 is 11.6 Å². The Balaban J connectivity index is 1.94. The van der Waals surface area contributed by atoms with E-state index in [9.17, 15) is 27.6 Å². The molecule has 1 atom stereocenters. The third-order valence-corrected chi connectivity index (χ3v) is 6.12. The summed E-state index contributed by atoms with van der Waals surface area (Å²) in [5, 5.41) is 2.24. The molecule has 0 saturated heterocycles. The van der Waals surface area contributed by atoms with Crippen LogP contribution < -0.4 is 10.2 Å². The second-order valence-electron chi connectivity index (χ2n) is 8.95. The number of hydrogen-bond acceptors (Lipinski definition) is 3. The molecule has 0 unspecified atom stereocenters. The number of anilines is 1. The molecular formula is C24H20ClF3N2O3. The Morgan fingerprint density at radius 3 is 2.18 bits per heavy atom. The van der Waals surface area contributed by atoms with E-state index < -0.39 is 40.3 Å². The fraction of sp³-hybridized carbons (Fsp3) is 0.292. The van der Waals surface area contributed by atoms with Crippen molar-refractivity contribution >= 4 is 34.9 Å². The van der Waals surface area contributed by atoms with Crippen LogP contribution in [0.2, 0.25) is 5.02 Å². The van der Waals surface area contributed by atoms with Crippen LogP contribution in [0.1, 0.15) is 37.0 Å². The molecule has 172 valence electrons. The standard InChI is InChI=1S/C24H20ClF3N2O3/c1-22(2)12-17-19(18(31)13-22)23(24(26,27)28,29-20(32)14-6-4-3-5-7-14)21(33)30(17)16-10-8-15(25)9-11-16/h3-11H,12-13H2,1-2H3,(H,29,32)/t23-/m1/s1. The van der Waals surface area contributed by atoms with Crippen molar-refractivity contribution in [1.82, 2.24) is 5.32 Å². The number of halogens is 4. The third-order valence-electron chi connectivity index (χ3n) is 5.87. The molecule has 2 aromatic rings. The van der Waals surface area contributed by atoms with Crippen LogP contribution in [0.3, 0.4) is 0 Å². The first kappa shape index (κ1) is 23.0. The van der Waals surface area contributed by atoms with E-state index >= 15 is 0 Å². The third kappa shape index (κ3) is 3.72. The monoisotopic (exact) mass is 476 g/mol. The van der Waals surface area contributed by atoms with E-state index in [1.54, 1.807) is 19.9 Å². The number of hydrogen-bond donors (Lipinski definition) is 1. The average Bonchev–Trinajstić information content (AvgIpc) is 2.97. The second-order valence-corrected chi connectivity index (χ2v) is 9.38. The Morgan fingerprint density at radius 1 is 1.00 bits per heavy atom. The second kappa shape index (κ2) is 7.73. The largest absolute Gasteiger partial charge is 0.425 e. The summed E-state index contributed by atoms with van der Waals surface area (Å²) in [5.41, 5.74) is -4.89. The summed E-state index contributed by atoms with van der Waals surface area (Å²) in [6, 6.07) is 12.9. The number of alkyl halides is 3. The summed E-state index contributed by atoms with van der Waals surface area (Å²) in [5.74, 6) is -3.38. The molecule has 0 fully saturated rings. The van der Waals surface area contributed by atoms with Gasteiger partial charge in [0, 0.05) is 28.4 Å². The lowest BCUT2D eigenvalue weighted by Crippen LogP contribution is -2.66. The maximum absolute atomic E-state index is 14.8. The number of carbonyl (C=O) groups is 3. The highest BCUT2D eigenvalue weighted by Crippen LogP contribution is 2.52. The zero-order chi connectivity index (χ0) is 24.2. The van der Waals surface area contributed by atoms with Gasteiger partial charge in [0.05, 0.1) is 5.57 Å². The van der Waals surface area contributed by atoms with Crippen LogP contribution in [0.25, 0.3) is 0 Å². The van der Waals surface area contributed by atoms with Gasteiger partial charge in [-0.3, -0.25) is 19.3 Å². The molecule has 1 N–H and O–H groups in total. The van der Waals surface area contributed by atoms with Gasteiger partial charge in [-0.15, -0.1) is 0 Å². The predicted molar refractivity (Wildman–Crippen MR) is 117 cm³/mol. The molecule has 0 saturated carbocycles. The van der Waals surface area contributed by atoms with Crippen LogP contribution in [0.5, 0.6) is 0 Å². The molecule has 9 heteroatoms. The lowest BCUT2D eigenvalue weighted by Gasteiger charge is -2.35. The fourth-order valence-corrected chi connectivity index (χ4v) is 4.57. The SMILES string of the molecule is CC1(C)CC(=O)C2=C(C1)N(c1ccc(Cl)cc1)C(=O)[C@@]2(NC(=O)c1ccccc1)C(F)(F)F. The first-order valence-electron chi connectivity index (χ1n) is 10.2. The maximum Gasteiger partial charge on any atom is 0.425 e. The number of allylic oxidation sites excluding steroid dienone is 1. The number of nitrogens with one attached hydrogen (secondary N) is 1. The van der Waals surface area contributed by atoms with Gasteiger partial charge in [0.25, 0.3) is 11.8 Å². The van der Waals surface area contributed by atoms with Gasteiger partial charge < -0.3 is 5.32 Å². The van der Waals surface area contributed by atoms with Gasteiger partial charge in [-0.05, 0) is 48.2 Å². The zero-order valence-corrected chi connectivity index (χ0v) is 18.6. The molecular weight excluding hydrogens is 457 g/mol. The Hall–Kier alpha value is -3.13. The molecule has 0 bridgehead atoms. The summed E-state index contributed by atoms with van der Waals surface area (Å²) in [7, 11) is 0. The van der Waals surface area contributed by atoms with Gasteiger partial charge in [0.2, 0.25) is 5.54 Å². The van der Waals surface area contributed by atoms with Gasteiger partial charge in [-0.1, -0.05) is 43.6 Å². The number of ketones is 1. The molecule has 33 heavy (non-hydrogen) atoms. The molecule has 2 aliphatic rings. The summed E-state index contributed by atoms with van der Waals surface area (Å²) in [4.78, 5) is 40.5. The van der Waals surface area contributed by atoms with E-state index in [0.717, 1.165) is 4.90 Å². The minimum Gasteiger partial charge on any atom is -0.326 e. The van der Waals surface area contributed by atoms with Crippen molar-refractivity contribution in [2.75, 3.05) is 4.90 Å². The van der Waals surface area contributed by atoms with Gasteiger partial charge in [0.15, 0.2) is 5.78 Å². The highest BCUT2D eigenvalue weighted by molar-refractivity contribution is 6.30. The molecule has 2 aromatic carbocycles. The highest BCUT2D eigenvalue weighted by Gasteiger charge is 2.71. The Bertz CT molecular complexity index is 1170. The van der Waals surface area contributed by atoms with Crippen LogP contribution in [0, 0.1) is 5.41 Å². The van der Waals surface area contributed by atoms with E-state index in [1.165, 1.54) is 48.5 Å². The van der Waals surface area contributed by atoms with E-state index in [0.29, 0.717) is 5.02 Å². The lowest BCUT2D eigenvalue weighted by atomic mass is 9.72. The van der Waals surface area contributed by atoms with Gasteiger partial charge >= 0.3 is 6.18 Å². The molecule has 1 heterocycles. The normalized spacial score (nSPS) is 22.4. The number of Topliss-reactive ketones (excluding diaryl/α,β-unsaturated/α-hetero) is 1. The maximum atomic E-state index is 14.8. The molecule has 5 nitrogen and oxygen atoms in total. The molecule has 0 radical (unpaired) electrons. The molecule has 2 amide bonds. The smallest absolute Gasteiger partial charge is 0.326 e. The number of nitrogens with zero attached hydrogens (tertiary/aromatic N) is 1. The van der Waals surface area contributed by atoms with E-state index in [4.69, 9.17) is 11.6 Å². The Labute approximate surface area is 193 Å². The summed E-state index contributed by atoms with van der Waals surface area (Å²) >= 11 is 5.92. The number of benzene rings is 2. The topological polar surface area (TPSA) is 66.5 Å². The van der Waals surface area contributed by atoms with Gasteiger partial charge in [0.1, 0.15) is 0 Å². The molecule has 0 aromatic heterocycles. The zero-order valence-electron chi connectivity index (χ0n) is 17.8. The van der Waals surface area contributed by atoms with E-state index in [1.807, 2.05) is 5.32 Å². The minimum absolute atomic E-state index is 0.0431. The van der Waals surface area contributed by atoms with Crippen molar-refractivity contribution < 1.29 is 27.6 Å². The number of rotatable bonds is 3. The number of carbonyl (C=O) groups excluding carboxylic acids is 3. The average molecular weight is 477 g/mol. The van der Waals surface area contributed by atoms with Crippen LogP contribution in [0.15, 0.2) is 65.9 Å². The van der Waals surface area contributed by atoms with Crippen molar-refractivity contribution in [3.8, 4) is 0 Å². The fourth-order valence-electron chi connectivity index (χ4n) is 4.45. The molecule has 1 aliphatic carbocycles. The lowest BCUT2D eigenvalue weighted by molar-refractivity contribution is -0.186. The summed E-state index contributed by atoms with van der Waals surface area (Å²) < 4.78 is 44.3. The van der Waals surface area contributed by atoms with Gasteiger partial charge in [-0.25, -0.2) is 0 Å². The highest BCUT2D eigenvalue weighted by atomic mass is 35.5. The summed E-state index contributed by atoms with van der Waals surface area (Å²) in [6.07, 6.45) is -5.42. The molecule has 1 aliphatic heterocycles. The van der Waals surface area contributed by atoms with E-state index in [-0.39, 0.29) is 29.8 Å². The minimum atomic E-state index is -5.27. The van der Waals surface area contributed by atoms with Crippen LogP contribution in [0.4, 0.5) is 18.9 Å². The first-order chi connectivity index (χ1) is 15.4. The van der Waals surface area contributed by atoms with Crippen molar-refractivity contribution in [2.24, 2.45) is 5.41 Å². The van der Waals surface area contributed by atoms with Gasteiger partial charge in [-0.2, -0.15) is 13.2 Å². The first-order valence-corrected chi connectivity index (χ1v) is 10.6. The Morgan fingerprint density at radius 2 is 1.61 bits per heavy atom. The summed E-state index contributed by atoms with van der Waals surface area (Å²) in [6.45, 7) is 3.49. The van der Waals surface area contributed by atoms with E-state index in [2.05, 4.69) is 0 Å². The van der Waals surface area contributed by atoms with Crippen LogP contribution in [-0.2, 0) is 9.59 Å². The van der Waals surface area contributed by atoms with Crippen molar-refractivity contribution in [1.29, 1.82) is 0 Å². The van der Waals surface area contributed by atoms with Crippen molar-refractivity contribution in [3.05, 3.63) is 76.5 Å². The quantitative estimate of drug-likeness (QED) is 0.673. The molecule has 4 rings (SSSR count). The molecule has 0 spiro atoms. The van der Waals surface area contributed by atoms with Crippen molar-refractivity contribution in [3.63, 3.8) is 0 Å². The Kier molecular flexibility index (Phi) is 5.40.